The van der Waals surface area contributed by atoms with Crippen LogP contribution in [0.4, 0.5) is 0 Å². The first-order chi connectivity index (χ1) is 6.16. The summed E-state index contributed by atoms with van der Waals surface area (Å²) in [4.78, 5) is 4.25. The Morgan fingerprint density at radius 2 is 2.08 bits per heavy atom. The fourth-order valence-electron chi connectivity index (χ4n) is 1.42. The number of oxazole rings is 1. The number of benzene rings is 1. The maximum absolute atomic E-state index is 5.45. The smallest absolute Gasteiger partial charge is 0.192 e. The average Bonchev–Trinajstić information content (AvgIpc) is 2.42. The lowest BCUT2D eigenvalue weighted by Gasteiger charge is -2.02. The van der Waals surface area contributed by atoms with Gasteiger partial charge in [-0.1, -0.05) is 19.9 Å². The van der Waals surface area contributed by atoms with Crippen LogP contribution in [0.3, 0.4) is 0 Å². The van der Waals surface area contributed by atoms with E-state index in [9.17, 15) is 0 Å². The zero-order valence-electron chi connectivity index (χ0n) is 8.16. The van der Waals surface area contributed by atoms with E-state index >= 15 is 0 Å². The predicted molar refractivity (Wildman–Crippen MR) is 52.8 cm³/mol. The van der Waals surface area contributed by atoms with Crippen LogP contribution in [0.2, 0.25) is 0 Å². The van der Waals surface area contributed by atoms with Gasteiger partial charge in [0.15, 0.2) is 11.5 Å². The van der Waals surface area contributed by atoms with E-state index < -0.39 is 0 Å². The van der Waals surface area contributed by atoms with Crippen LogP contribution < -0.4 is 0 Å². The molecule has 13 heavy (non-hydrogen) atoms. The molecule has 0 aliphatic heterocycles. The third-order valence-corrected chi connectivity index (χ3v) is 2.19. The number of fused-ring (bicyclic) bond motifs is 1. The molecular weight excluding hydrogens is 162 g/mol. The largest absolute Gasteiger partial charge is 0.441 e. The van der Waals surface area contributed by atoms with Crippen molar-refractivity contribution in [2.75, 3.05) is 0 Å². The summed E-state index contributed by atoms with van der Waals surface area (Å²) in [5.41, 5.74) is 3.13. The number of rotatable bonds is 1. The molecule has 0 spiro atoms. The van der Waals surface area contributed by atoms with Gasteiger partial charge in [-0.3, -0.25) is 0 Å². The molecule has 2 rings (SSSR count). The molecule has 2 aromatic rings. The predicted octanol–water partition coefficient (Wildman–Crippen LogP) is 3.26. The summed E-state index contributed by atoms with van der Waals surface area (Å²) >= 11 is 0. The fraction of sp³-hybridized carbons (Fsp3) is 0.364. The third-order valence-electron chi connectivity index (χ3n) is 2.19. The number of hydrogen-bond donors (Lipinski definition) is 0. The summed E-state index contributed by atoms with van der Waals surface area (Å²) in [6.07, 6.45) is 0. The molecule has 0 saturated carbocycles. The summed E-state index contributed by atoms with van der Waals surface area (Å²) in [5.74, 6) is 1.27. The zero-order valence-corrected chi connectivity index (χ0v) is 8.16. The number of hydrogen-bond acceptors (Lipinski definition) is 2. The lowest BCUT2D eigenvalue weighted by atomic mass is 10.0. The van der Waals surface area contributed by atoms with Gasteiger partial charge in [-0.25, -0.2) is 4.98 Å². The Morgan fingerprint density at radius 1 is 1.31 bits per heavy atom. The van der Waals surface area contributed by atoms with Crippen molar-refractivity contribution in [1.82, 2.24) is 4.98 Å². The molecule has 0 aliphatic rings. The molecule has 0 unspecified atom stereocenters. The summed E-state index contributed by atoms with van der Waals surface area (Å²) in [7, 11) is 0. The Labute approximate surface area is 77.6 Å². The normalized spacial score (nSPS) is 11.4. The van der Waals surface area contributed by atoms with Gasteiger partial charge >= 0.3 is 0 Å². The van der Waals surface area contributed by atoms with Crippen molar-refractivity contribution in [3.05, 3.63) is 29.7 Å². The van der Waals surface area contributed by atoms with Crippen LogP contribution in [0.5, 0.6) is 0 Å². The van der Waals surface area contributed by atoms with Gasteiger partial charge < -0.3 is 4.42 Å². The molecule has 1 heterocycles. The van der Waals surface area contributed by atoms with Crippen LogP contribution in [-0.4, -0.2) is 4.98 Å². The second kappa shape index (κ2) is 2.87. The molecule has 0 atom stereocenters. The standard InChI is InChI=1S/C11H13NO/c1-7(2)9-4-5-10-11(6-9)13-8(3)12-10/h4-7H,1-3H3. The number of nitrogens with zero attached hydrogens (tertiary/aromatic N) is 1. The average molecular weight is 175 g/mol. The SMILES string of the molecule is Cc1nc2ccc(C(C)C)cc2o1. The second-order valence-electron chi connectivity index (χ2n) is 3.61. The lowest BCUT2D eigenvalue weighted by Crippen LogP contribution is -1.85. The molecule has 1 aromatic carbocycles. The second-order valence-corrected chi connectivity index (χ2v) is 3.61. The highest BCUT2D eigenvalue weighted by Crippen LogP contribution is 2.21. The quantitative estimate of drug-likeness (QED) is 0.664. The van der Waals surface area contributed by atoms with E-state index in [0.717, 1.165) is 17.0 Å². The highest BCUT2D eigenvalue weighted by Gasteiger charge is 2.04. The summed E-state index contributed by atoms with van der Waals surface area (Å²) in [6.45, 7) is 6.21. The van der Waals surface area contributed by atoms with Gasteiger partial charge in [0.2, 0.25) is 0 Å². The van der Waals surface area contributed by atoms with E-state index in [1.165, 1.54) is 5.56 Å². The van der Waals surface area contributed by atoms with Crippen LogP contribution in [0.1, 0.15) is 31.2 Å². The minimum atomic E-state index is 0.537. The van der Waals surface area contributed by atoms with E-state index in [-0.39, 0.29) is 0 Å². The zero-order chi connectivity index (χ0) is 9.42. The van der Waals surface area contributed by atoms with Crippen LogP contribution in [0.15, 0.2) is 22.6 Å². The maximum atomic E-state index is 5.45. The molecule has 0 fully saturated rings. The van der Waals surface area contributed by atoms with Gasteiger partial charge in [0.1, 0.15) is 5.52 Å². The Kier molecular flexibility index (Phi) is 1.83. The van der Waals surface area contributed by atoms with E-state index in [1.807, 2.05) is 13.0 Å². The first kappa shape index (κ1) is 8.30. The Bertz CT molecular complexity index is 429. The molecule has 0 N–H and O–H groups in total. The third kappa shape index (κ3) is 1.44. The molecule has 0 amide bonds. The molecule has 0 aliphatic carbocycles. The van der Waals surface area contributed by atoms with Crippen LogP contribution >= 0.6 is 0 Å². The molecule has 2 nitrogen and oxygen atoms in total. The van der Waals surface area contributed by atoms with Gasteiger partial charge in [0, 0.05) is 6.92 Å². The monoisotopic (exact) mass is 175 g/mol. The van der Waals surface area contributed by atoms with Crippen molar-refractivity contribution in [2.45, 2.75) is 26.7 Å². The van der Waals surface area contributed by atoms with Gasteiger partial charge in [-0.15, -0.1) is 0 Å². The first-order valence-corrected chi connectivity index (χ1v) is 4.54. The first-order valence-electron chi connectivity index (χ1n) is 4.54. The van der Waals surface area contributed by atoms with Crippen molar-refractivity contribution in [3.8, 4) is 0 Å². The van der Waals surface area contributed by atoms with E-state index in [4.69, 9.17) is 4.42 Å². The highest BCUT2D eigenvalue weighted by molar-refractivity contribution is 5.73. The van der Waals surface area contributed by atoms with Crippen molar-refractivity contribution >= 4 is 11.1 Å². The van der Waals surface area contributed by atoms with Gasteiger partial charge in [0.25, 0.3) is 0 Å². The number of aromatic nitrogens is 1. The molecule has 0 radical (unpaired) electrons. The van der Waals surface area contributed by atoms with E-state index in [2.05, 4.69) is 31.0 Å². The lowest BCUT2D eigenvalue weighted by molar-refractivity contribution is 0.560. The summed E-state index contributed by atoms with van der Waals surface area (Å²) in [5, 5.41) is 0. The van der Waals surface area contributed by atoms with Gasteiger partial charge in [-0.2, -0.15) is 0 Å². The van der Waals surface area contributed by atoms with Crippen LogP contribution in [0, 0.1) is 6.92 Å². The Balaban J connectivity index is 2.61. The maximum Gasteiger partial charge on any atom is 0.192 e. The molecule has 1 aromatic heterocycles. The van der Waals surface area contributed by atoms with Crippen LogP contribution in [-0.2, 0) is 0 Å². The Morgan fingerprint density at radius 3 is 2.77 bits per heavy atom. The molecule has 2 heteroatoms. The molecule has 0 bridgehead atoms. The van der Waals surface area contributed by atoms with Crippen LogP contribution in [0.25, 0.3) is 11.1 Å². The number of aryl methyl sites for hydroxylation is 1. The fourth-order valence-corrected chi connectivity index (χ4v) is 1.42. The minimum absolute atomic E-state index is 0.537. The van der Waals surface area contributed by atoms with Crippen molar-refractivity contribution in [1.29, 1.82) is 0 Å². The summed E-state index contributed by atoms with van der Waals surface area (Å²) < 4.78 is 5.45. The van der Waals surface area contributed by atoms with Gasteiger partial charge in [0.05, 0.1) is 0 Å². The van der Waals surface area contributed by atoms with Crippen molar-refractivity contribution in [2.24, 2.45) is 0 Å². The summed E-state index contributed by atoms with van der Waals surface area (Å²) in [6, 6.07) is 6.19. The minimum Gasteiger partial charge on any atom is -0.441 e. The highest BCUT2D eigenvalue weighted by atomic mass is 16.3. The van der Waals surface area contributed by atoms with Gasteiger partial charge in [-0.05, 0) is 23.6 Å². The van der Waals surface area contributed by atoms with E-state index in [0.29, 0.717) is 5.92 Å². The topological polar surface area (TPSA) is 26.0 Å². The molecule has 0 saturated heterocycles. The molecule has 68 valence electrons. The molecular formula is C11H13NO. The Hall–Kier alpha value is -1.31. The van der Waals surface area contributed by atoms with Crippen molar-refractivity contribution in [3.63, 3.8) is 0 Å². The van der Waals surface area contributed by atoms with Crippen molar-refractivity contribution < 1.29 is 4.42 Å². The van der Waals surface area contributed by atoms with E-state index in [1.54, 1.807) is 0 Å².